The van der Waals surface area contributed by atoms with E-state index in [1.165, 1.54) is 29.1 Å². The zero-order chi connectivity index (χ0) is 24.5. The fourth-order valence-corrected chi connectivity index (χ4v) is 4.77. The van der Waals surface area contributed by atoms with Crippen molar-refractivity contribution in [2.24, 2.45) is 0 Å². The van der Waals surface area contributed by atoms with Gasteiger partial charge in [0.2, 0.25) is 5.95 Å². The summed E-state index contributed by atoms with van der Waals surface area (Å²) in [7, 11) is 0. The number of nitrogens with one attached hydrogen (secondary N) is 1. The first kappa shape index (κ1) is 22.0. The summed E-state index contributed by atoms with van der Waals surface area (Å²) in [5.41, 5.74) is 1.02. The maximum atomic E-state index is 14.1. The van der Waals surface area contributed by atoms with Gasteiger partial charge in [0.15, 0.2) is 11.6 Å². The van der Waals surface area contributed by atoms with Crippen LogP contribution in [-0.4, -0.2) is 63.7 Å². The summed E-state index contributed by atoms with van der Waals surface area (Å²) in [6.45, 7) is 2.63. The number of fused-ring (bicyclic) bond motifs is 2. The predicted molar refractivity (Wildman–Crippen MR) is 118 cm³/mol. The fourth-order valence-electron chi connectivity index (χ4n) is 4.77. The first-order chi connectivity index (χ1) is 16.6. The maximum Gasteiger partial charge on any atom is 0.329 e. The SMILES string of the molecule is C=C1Nc2c(N3CC(F)(F)C(F)(F)C3)nc(-n3cnc4ccc(F)cc43)nc2N1C1CCOCC1. The molecule has 13 heteroatoms. The zero-order valence-electron chi connectivity index (χ0n) is 18.3. The molecule has 35 heavy (non-hydrogen) atoms. The number of ether oxygens (including phenoxy) is 1. The summed E-state index contributed by atoms with van der Waals surface area (Å²) in [5, 5.41) is 3.01. The van der Waals surface area contributed by atoms with Gasteiger partial charge >= 0.3 is 11.8 Å². The molecule has 0 amide bonds. The van der Waals surface area contributed by atoms with Crippen molar-refractivity contribution >= 4 is 28.4 Å². The van der Waals surface area contributed by atoms with Crippen LogP contribution in [0.3, 0.4) is 0 Å². The number of benzene rings is 1. The Hall–Kier alpha value is -3.48. The number of alkyl halides is 4. The number of hydrogen-bond acceptors (Lipinski definition) is 7. The molecule has 6 rings (SSSR count). The summed E-state index contributed by atoms with van der Waals surface area (Å²) >= 11 is 0. The van der Waals surface area contributed by atoms with Crippen molar-refractivity contribution in [3.05, 3.63) is 42.7 Å². The van der Waals surface area contributed by atoms with E-state index in [0.29, 0.717) is 48.7 Å². The summed E-state index contributed by atoms with van der Waals surface area (Å²) in [6, 6.07) is 3.92. The molecular formula is C22H20F5N7O. The van der Waals surface area contributed by atoms with Crippen LogP contribution < -0.4 is 15.1 Å². The van der Waals surface area contributed by atoms with Crippen molar-refractivity contribution in [3.8, 4) is 5.95 Å². The van der Waals surface area contributed by atoms with Gasteiger partial charge in [0, 0.05) is 25.3 Å². The van der Waals surface area contributed by atoms with Gasteiger partial charge in [-0.25, -0.2) is 9.37 Å². The van der Waals surface area contributed by atoms with Crippen LogP contribution in [0.1, 0.15) is 12.8 Å². The van der Waals surface area contributed by atoms with Gasteiger partial charge in [-0.1, -0.05) is 6.58 Å². The lowest BCUT2D eigenvalue weighted by atomic mass is 10.1. The highest BCUT2D eigenvalue weighted by atomic mass is 19.3. The Kier molecular flexibility index (Phi) is 4.72. The standard InChI is InChI=1S/C22H20F5N7O/c1-12-29-17-18(32-9-21(24,25)22(26,27)10-32)30-20(31-19(17)34(12)14-4-6-35-7-5-14)33-11-28-15-3-2-13(23)8-16(15)33/h2-3,8,11,14,29H,1,4-7,9-10H2. The second kappa shape index (κ2) is 7.51. The van der Waals surface area contributed by atoms with Crippen LogP contribution in [0.4, 0.5) is 39.3 Å². The fraction of sp³-hybridized carbons (Fsp3) is 0.409. The second-order valence-corrected chi connectivity index (χ2v) is 8.84. The van der Waals surface area contributed by atoms with Crippen molar-refractivity contribution in [3.63, 3.8) is 0 Å². The predicted octanol–water partition coefficient (Wildman–Crippen LogP) is 3.93. The van der Waals surface area contributed by atoms with Gasteiger partial charge in [-0.15, -0.1) is 0 Å². The molecule has 0 bridgehead atoms. The third-order valence-corrected chi connectivity index (χ3v) is 6.54. The number of rotatable bonds is 3. The lowest BCUT2D eigenvalue weighted by Gasteiger charge is -2.32. The highest BCUT2D eigenvalue weighted by Gasteiger charge is 2.63. The largest absolute Gasteiger partial charge is 0.381 e. The summed E-state index contributed by atoms with van der Waals surface area (Å²) in [6.07, 6.45) is 2.69. The van der Waals surface area contributed by atoms with Gasteiger partial charge < -0.3 is 19.9 Å². The molecule has 1 aromatic carbocycles. The van der Waals surface area contributed by atoms with E-state index < -0.39 is 30.8 Å². The van der Waals surface area contributed by atoms with Crippen LogP contribution in [0.25, 0.3) is 17.0 Å². The van der Waals surface area contributed by atoms with E-state index in [4.69, 9.17) is 4.74 Å². The lowest BCUT2D eigenvalue weighted by molar-refractivity contribution is -0.172. The molecule has 0 aliphatic carbocycles. The van der Waals surface area contributed by atoms with Crippen LogP contribution in [-0.2, 0) is 4.74 Å². The van der Waals surface area contributed by atoms with E-state index in [0.717, 1.165) is 4.90 Å². The molecule has 0 atom stereocenters. The van der Waals surface area contributed by atoms with Gasteiger partial charge in [0.25, 0.3) is 0 Å². The molecule has 2 aromatic heterocycles. The third kappa shape index (κ3) is 3.39. The first-order valence-electron chi connectivity index (χ1n) is 11.0. The Morgan fingerprint density at radius 1 is 1.03 bits per heavy atom. The molecule has 184 valence electrons. The van der Waals surface area contributed by atoms with Crippen LogP contribution >= 0.6 is 0 Å². The molecule has 0 spiro atoms. The van der Waals surface area contributed by atoms with Crippen LogP contribution in [0.5, 0.6) is 0 Å². The Morgan fingerprint density at radius 3 is 2.43 bits per heavy atom. The first-order valence-corrected chi connectivity index (χ1v) is 11.0. The molecular weight excluding hydrogens is 473 g/mol. The highest BCUT2D eigenvalue weighted by Crippen LogP contribution is 2.48. The molecule has 3 aliphatic heterocycles. The number of anilines is 3. The highest BCUT2D eigenvalue weighted by molar-refractivity contribution is 5.88. The van der Waals surface area contributed by atoms with E-state index in [2.05, 4.69) is 26.8 Å². The number of halogens is 5. The Morgan fingerprint density at radius 2 is 1.71 bits per heavy atom. The Bertz CT molecular complexity index is 1320. The van der Waals surface area contributed by atoms with Gasteiger partial charge in [-0.2, -0.15) is 27.5 Å². The van der Waals surface area contributed by atoms with Crippen molar-refractivity contribution in [1.82, 2.24) is 19.5 Å². The molecule has 0 unspecified atom stereocenters. The lowest BCUT2D eigenvalue weighted by Crippen LogP contribution is -2.38. The normalized spacial score (nSPS) is 21.6. The average molecular weight is 493 g/mol. The van der Waals surface area contributed by atoms with Crippen LogP contribution in [0, 0.1) is 5.82 Å². The van der Waals surface area contributed by atoms with E-state index >= 15 is 0 Å². The number of hydrogen-bond donors (Lipinski definition) is 1. The summed E-state index contributed by atoms with van der Waals surface area (Å²) in [5.74, 6) is -8.36. The van der Waals surface area contributed by atoms with E-state index in [1.54, 1.807) is 0 Å². The molecule has 3 aromatic rings. The Labute approximate surface area is 196 Å². The average Bonchev–Trinajstić information content (AvgIpc) is 3.43. The van der Waals surface area contributed by atoms with E-state index in [-0.39, 0.29) is 23.5 Å². The number of aromatic nitrogens is 4. The van der Waals surface area contributed by atoms with Crippen molar-refractivity contribution in [2.75, 3.05) is 41.4 Å². The monoisotopic (exact) mass is 493 g/mol. The minimum atomic E-state index is -4.23. The van der Waals surface area contributed by atoms with E-state index in [9.17, 15) is 22.0 Å². The second-order valence-electron chi connectivity index (χ2n) is 8.84. The number of imidazole rings is 1. The third-order valence-electron chi connectivity index (χ3n) is 6.54. The van der Waals surface area contributed by atoms with Gasteiger partial charge in [-0.3, -0.25) is 4.57 Å². The van der Waals surface area contributed by atoms with Crippen molar-refractivity contribution in [2.45, 2.75) is 30.7 Å². The molecule has 0 radical (unpaired) electrons. The molecule has 0 saturated carbocycles. The topological polar surface area (TPSA) is 71.3 Å². The van der Waals surface area contributed by atoms with Crippen molar-refractivity contribution in [1.29, 1.82) is 0 Å². The molecule has 2 fully saturated rings. The molecule has 2 saturated heterocycles. The van der Waals surface area contributed by atoms with Crippen molar-refractivity contribution < 1.29 is 26.7 Å². The van der Waals surface area contributed by atoms with Gasteiger partial charge in [0.05, 0.1) is 24.1 Å². The van der Waals surface area contributed by atoms with Gasteiger partial charge in [0.1, 0.15) is 23.7 Å². The minimum absolute atomic E-state index is 0.0149. The summed E-state index contributed by atoms with van der Waals surface area (Å²) in [4.78, 5) is 15.9. The Balaban J connectivity index is 1.53. The minimum Gasteiger partial charge on any atom is -0.381 e. The van der Waals surface area contributed by atoms with Crippen LogP contribution in [0.15, 0.2) is 36.9 Å². The maximum absolute atomic E-state index is 14.1. The van der Waals surface area contributed by atoms with Gasteiger partial charge in [-0.05, 0) is 25.0 Å². The number of nitrogens with zero attached hydrogens (tertiary/aromatic N) is 6. The quantitative estimate of drug-likeness (QED) is 0.555. The molecule has 8 nitrogen and oxygen atoms in total. The van der Waals surface area contributed by atoms with Crippen LogP contribution in [0.2, 0.25) is 0 Å². The smallest absolute Gasteiger partial charge is 0.329 e. The summed E-state index contributed by atoms with van der Waals surface area (Å²) < 4.78 is 77.3. The molecule has 3 aliphatic rings. The zero-order valence-corrected chi connectivity index (χ0v) is 18.3. The molecule has 5 heterocycles. The van der Waals surface area contributed by atoms with E-state index in [1.807, 2.05) is 4.90 Å². The molecule has 1 N–H and O–H groups in total.